The molecule has 2 aromatic rings. The topological polar surface area (TPSA) is 68.2 Å². The van der Waals surface area contributed by atoms with Crippen molar-refractivity contribution in [3.8, 4) is 11.5 Å². The summed E-state index contributed by atoms with van der Waals surface area (Å²) in [6.07, 6.45) is 0.775. The maximum Gasteiger partial charge on any atom is 0.119 e. The molecule has 27 heavy (non-hydrogen) atoms. The van der Waals surface area contributed by atoms with Crippen LogP contribution in [-0.4, -0.2) is 42.7 Å². The van der Waals surface area contributed by atoms with E-state index in [9.17, 15) is 10.2 Å². The fourth-order valence-electron chi connectivity index (χ4n) is 2.61. The van der Waals surface area contributed by atoms with Crippen LogP contribution < -0.4 is 9.47 Å². The van der Waals surface area contributed by atoms with Gasteiger partial charge in [-0.15, -0.1) is 0 Å². The van der Waals surface area contributed by atoms with E-state index in [0.717, 1.165) is 16.9 Å². The lowest BCUT2D eigenvalue weighted by molar-refractivity contribution is 0.0495. The summed E-state index contributed by atoms with van der Waals surface area (Å²) in [4.78, 5) is 0. The van der Waals surface area contributed by atoms with Gasteiger partial charge in [0.15, 0.2) is 0 Å². The van der Waals surface area contributed by atoms with Crippen molar-refractivity contribution in [1.29, 1.82) is 0 Å². The molecular weight excluding hydrogens is 344 g/mol. The lowest BCUT2D eigenvalue weighted by Crippen LogP contribution is -2.19. The van der Waals surface area contributed by atoms with Gasteiger partial charge in [0.05, 0.1) is 32.5 Å². The zero-order chi connectivity index (χ0) is 19.5. The van der Waals surface area contributed by atoms with E-state index < -0.39 is 12.2 Å². The third-order valence-electron chi connectivity index (χ3n) is 3.94. The SMILES string of the molecule is COc1ccc(OC[C@@H](O)C/C(C)=C\[C@@H](O)COCc2ccccc2)cc1. The molecule has 5 nitrogen and oxygen atoms in total. The number of aliphatic hydroxyl groups excluding tert-OH is 2. The van der Waals surface area contributed by atoms with Crippen molar-refractivity contribution in [2.24, 2.45) is 0 Å². The highest BCUT2D eigenvalue weighted by atomic mass is 16.5. The van der Waals surface area contributed by atoms with Crippen LogP contribution in [0.4, 0.5) is 0 Å². The third-order valence-corrected chi connectivity index (χ3v) is 3.94. The summed E-state index contributed by atoms with van der Waals surface area (Å²) in [5.74, 6) is 1.43. The molecule has 0 heterocycles. The maximum absolute atomic E-state index is 10.1. The Morgan fingerprint density at radius 1 is 0.963 bits per heavy atom. The monoisotopic (exact) mass is 372 g/mol. The van der Waals surface area contributed by atoms with Crippen LogP contribution in [-0.2, 0) is 11.3 Å². The summed E-state index contributed by atoms with van der Waals surface area (Å²) >= 11 is 0. The number of methoxy groups -OCH3 is 1. The molecular formula is C22H28O5. The van der Waals surface area contributed by atoms with Gasteiger partial charge >= 0.3 is 0 Å². The summed E-state index contributed by atoms with van der Waals surface area (Å²) in [6, 6.07) is 17.0. The average molecular weight is 372 g/mol. The second kappa shape index (κ2) is 11.4. The second-order valence-electron chi connectivity index (χ2n) is 6.43. The minimum atomic E-state index is -0.705. The Hall–Kier alpha value is -2.34. The smallest absolute Gasteiger partial charge is 0.119 e. The molecule has 2 aromatic carbocycles. The molecule has 5 heteroatoms. The summed E-state index contributed by atoms with van der Waals surface area (Å²) < 4.78 is 16.2. The molecule has 0 radical (unpaired) electrons. The number of hydrogen-bond donors (Lipinski definition) is 2. The normalized spacial score (nSPS) is 13.9. The highest BCUT2D eigenvalue weighted by Crippen LogP contribution is 2.17. The first kappa shape index (κ1) is 21.0. The van der Waals surface area contributed by atoms with Crippen LogP contribution in [0, 0.1) is 0 Å². The molecule has 0 amide bonds. The summed E-state index contributed by atoms with van der Waals surface area (Å²) in [5, 5.41) is 20.2. The Kier molecular flexibility index (Phi) is 8.84. The fourth-order valence-corrected chi connectivity index (χ4v) is 2.61. The molecule has 0 aromatic heterocycles. The molecule has 2 N–H and O–H groups in total. The molecule has 0 bridgehead atoms. The maximum atomic E-state index is 10.1. The first-order chi connectivity index (χ1) is 13.1. The third kappa shape index (κ3) is 8.26. The van der Waals surface area contributed by atoms with Gasteiger partial charge in [0.2, 0.25) is 0 Å². The van der Waals surface area contributed by atoms with E-state index in [1.807, 2.05) is 37.3 Å². The minimum absolute atomic E-state index is 0.179. The van der Waals surface area contributed by atoms with Crippen LogP contribution in [0.15, 0.2) is 66.2 Å². The Bertz CT molecular complexity index is 682. The van der Waals surface area contributed by atoms with Crippen LogP contribution in [0.1, 0.15) is 18.9 Å². The summed E-state index contributed by atoms with van der Waals surface area (Å²) in [6.45, 7) is 2.73. The van der Waals surface area contributed by atoms with Crippen molar-refractivity contribution in [3.05, 3.63) is 71.8 Å². The van der Waals surface area contributed by atoms with Gasteiger partial charge < -0.3 is 24.4 Å². The Morgan fingerprint density at radius 3 is 2.30 bits per heavy atom. The number of ether oxygens (including phenoxy) is 3. The fraction of sp³-hybridized carbons (Fsp3) is 0.364. The minimum Gasteiger partial charge on any atom is -0.497 e. The number of hydrogen-bond acceptors (Lipinski definition) is 5. The Balaban J connectivity index is 1.67. The lowest BCUT2D eigenvalue weighted by Gasteiger charge is -2.14. The predicted molar refractivity (Wildman–Crippen MR) is 105 cm³/mol. The van der Waals surface area contributed by atoms with E-state index in [1.54, 1.807) is 37.5 Å². The molecule has 0 aliphatic rings. The van der Waals surface area contributed by atoms with Gasteiger partial charge in [-0.05, 0) is 43.2 Å². The first-order valence-electron chi connectivity index (χ1n) is 8.98. The van der Waals surface area contributed by atoms with Gasteiger partial charge in [-0.25, -0.2) is 0 Å². The molecule has 0 fully saturated rings. The van der Waals surface area contributed by atoms with Crippen LogP contribution in [0.3, 0.4) is 0 Å². The van der Waals surface area contributed by atoms with Crippen molar-refractivity contribution in [3.63, 3.8) is 0 Å². The Labute approximate surface area is 160 Å². The van der Waals surface area contributed by atoms with Gasteiger partial charge in [0.25, 0.3) is 0 Å². The molecule has 0 aliphatic carbocycles. The number of benzene rings is 2. The zero-order valence-corrected chi connectivity index (χ0v) is 15.9. The highest BCUT2D eigenvalue weighted by molar-refractivity contribution is 5.31. The summed E-state index contributed by atoms with van der Waals surface area (Å²) in [5.41, 5.74) is 1.95. The number of aliphatic hydroxyl groups is 2. The average Bonchev–Trinajstić information content (AvgIpc) is 2.67. The quantitative estimate of drug-likeness (QED) is 0.592. The number of rotatable bonds is 11. The van der Waals surface area contributed by atoms with E-state index in [1.165, 1.54) is 0 Å². The van der Waals surface area contributed by atoms with Crippen molar-refractivity contribution in [1.82, 2.24) is 0 Å². The predicted octanol–water partition coefficient (Wildman–Crippen LogP) is 3.35. The van der Waals surface area contributed by atoms with E-state index in [4.69, 9.17) is 14.2 Å². The van der Waals surface area contributed by atoms with Gasteiger partial charge in [-0.1, -0.05) is 42.0 Å². The molecule has 0 saturated heterocycles. The van der Waals surface area contributed by atoms with E-state index in [2.05, 4.69) is 0 Å². The first-order valence-corrected chi connectivity index (χ1v) is 8.98. The van der Waals surface area contributed by atoms with Gasteiger partial charge in [0, 0.05) is 0 Å². The zero-order valence-electron chi connectivity index (χ0n) is 15.9. The van der Waals surface area contributed by atoms with Gasteiger partial charge in [0.1, 0.15) is 18.1 Å². The molecule has 2 rings (SSSR count). The molecule has 0 unspecified atom stereocenters. The van der Waals surface area contributed by atoms with Gasteiger partial charge in [-0.2, -0.15) is 0 Å². The van der Waals surface area contributed by atoms with E-state index >= 15 is 0 Å². The molecule has 0 aliphatic heterocycles. The van der Waals surface area contributed by atoms with Crippen molar-refractivity contribution < 1.29 is 24.4 Å². The van der Waals surface area contributed by atoms with Gasteiger partial charge in [-0.3, -0.25) is 0 Å². The van der Waals surface area contributed by atoms with Crippen LogP contribution in [0.25, 0.3) is 0 Å². The largest absolute Gasteiger partial charge is 0.497 e. The molecule has 0 spiro atoms. The highest BCUT2D eigenvalue weighted by Gasteiger charge is 2.09. The van der Waals surface area contributed by atoms with Crippen LogP contribution in [0.5, 0.6) is 11.5 Å². The second-order valence-corrected chi connectivity index (χ2v) is 6.43. The lowest BCUT2D eigenvalue weighted by atomic mass is 10.1. The van der Waals surface area contributed by atoms with E-state index in [0.29, 0.717) is 18.8 Å². The van der Waals surface area contributed by atoms with E-state index in [-0.39, 0.29) is 13.2 Å². The molecule has 146 valence electrons. The van der Waals surface area contributed by atoms with Crippen LogP contribution >= 0.6 is 0 Å². The summed E-state index contributed by atoms with van der Waals surface area (Å²) in [7, 11) is 1.61. The molecule has 0 saturated carbocycles. The van der Waals surface area contributed by atoms with Crippen molar-refractivity contribution >= 4 is 0 Å². The van der Waals surface area contributed by atoms with Crippen molar-refractivity contribution in [2.45, 2.75) is 32.2 Å². The van der Waals surface area contributed by atoms with Crippen LogP contribution in [0.2, 0.25) is 0 Å². The van der Waals surface area contributed by atoms with Crippen molar-refractivity contribution in [2.75, 3.05) is 20.3 Å². The Morgan fingerprint density at radius 2 is 1.63 bits per heavy atom. The molecule has 2 atom stereocenters. The standard InChI is InChI=1S/C22H28O5/c1-17(12-19(23)15-26-14-18-6-4-3-5-7-18)13-20(24)16-27-22-10-8-21(25-2)9-11-22/h3-12,19-20,23-24H,13-16H2,1-2H3/b17-12-/t19-,20+/m1/s1.